The van der Waals surface area contributed by atoms with Crippen molar-refractivity contribution in [3.05, 3.63) is 90.1 Å². The van der Waals surface area contributed by atoms with Gasteiger partial charge in [-0.1, -0.05) is 76.3 Å². The van der Waals surface area contributed by atoms with Gasteiger partial charge < -0.3 is 103 Å². The zero-order valence-electron chi connectivity index (χ0n) is 76.2. The zero-order valence-corrected chi connectivity index (χ0v) is 76.2. The number of allylic oxidation sites excluding steroid dienone is 6. The number of phenolic OH excluding ortho intramolecular Hbond substituents is 1. The molecule has 7 N–H and O–H groups in total. The molecule has 1 saturated carbocycles. The third kappa shape index (κ3) is 32.4. The number of benzene rings is 1. The van der Waals surface area contributed by atoms with Gasteiger partial charge in [-0.15, -0.1) is 5.10 Å². The summed E-state index contributed by atoms with van der Waals surface area (Å²) in [5, 5.41) is 51.7. The number of aromatic nitrogens is 8. The van der Waals surface area contributed by atoms with Crippen LogP contribution in [0, 0.1) is 35.5 Å². The van der Waals surface area contributed by atoms with Gasteiger partial charge in [0, 0.05) is 102 Å². The van der Waals surface area contributed by atoms with Gasteiger partial charge in [0.25, 0.3) is 11.7 Å². The summed E-state index contributed by atoms with van der Waals surface area (Å²) in [6.07, 6.45) is 19.3. The molecule has 34 nitrogen and oxygen atoms in total. The molecule has 0 unspecified atom stereocenters. The van der Waals surface area contributed by atoms with E-state index in [1.807, 2.05) is 70.3 Å². The number of rotatable bonds is 45. The van der Waals surface area contributed by atoms with Crippen LogP contribution in [0.2, 0.25) is 0 Å². The van der Waals surface area contributed by atoms with Crippen LogP contribution in [0.15, 0.2) is 84.4 Å². The minimum absolute atomic E-state index is 0.00507. The quantitative estimate of drug-likeness (QED) is 0.00913. The number of aromatic hydroxyl groups is 1. The summed E-state index contributed by atoms with van der Waals surface area (Å²) in [5.74, 6) is -7.77. The minimum Gasteiger partial charge on any atom is -0.508 e. The van der Waals surface area contributed by atoms with Crippen LogP contribution in [0.3, 0.4) is 0 Å². The van der Waals surface area contributed by atoms with E-state index >= 15 is 0 Å². The molecule has 127 heavy (non-hydrogen) atoms. The number of hydrogen-bond acceptors (Lipinski definition) is 29. The number of nitrogens with one attached hydrogen (secondary N) is 2. The van der Waals surface area contributed by atoms with Crippen molar-refractivity contribution >= 4 is 62.9 Å². The molecule has 0 spiro atoms. The van der Waals surface area contributed by atoms with E-state index in [4.69, 9.17) is 77.1 Å². The van der Waals surface area contributed by atoms with E-state index in [0.717, 1.165) is 72.8 Å². The third-order valence-electron chi connectivity index (χ3n) is 24.3. The number of H-pyrrole nitrogens is 1. The highest BCUT2D eigenvalue weighted by atomic mass is 16.6. The number of nitrogens with zero attached hydrogens (tertiary/aromatic N) is 8. The van der Waals surface area contributed by atoms with Gasteiger partial charge in [-0.25, -0.2) is 24.1 Å². The van der Waals surface area contributed by atoms with E-state index < -0.39 is 77.8 Å². The molecule has 1 aliphatic carbocycles. The van der Waals surface area contributed by atoms with Gasteiger partial charge in [0.1, 0.15) is 53.7 Å². The van der Waals surface area contributed by atoms with Crippen molar-refractivity contribution in [2.45, 2.75) is 232 Å². The van der Waals surface area contributed by atoms with E-state index in [1.54, 1.807) is 68.6 Å². The monoisotopic (exact) mass is 1780 g/mol. The number of methoxy groups -OCH3 is 3. The van der Waals surface area contributed by atoms with Crippen LogP contribution in [-0.2, 0) is 115 Å². The summed E-state index contributed by atoms with van der Waals surface area (Å²) < 4.78 is 85.4. The molecule has 0 radical (unpaired) electrons. The number of anilines is 1. The Bertz CT molecular complexity index is 4320. The number of ether oxygens (including phenoxy) is 14. The molecule has 2 saturated heterocycles. The van der Waals surface area contributed by atoms with E-state index in [2.05, 4.69) is 30.6 Å². The highest BCUT2D eigenvalue weighted by Gasteiger charge is 2.53. The number of carbonyl (C=O) groups excluding carboxylic acids is 6. The Morgan fingerprint density at radius 2 is 1.41 bits per heavy atom. The number of nitrogens with two attached hydrogens (primary N) is 1. The molecule has 2 amide bonds. The molecule has 4 aromatic heterocycles. The summed E-state index contributed by atoms with van der Waals surface area (Å²) in [6.45, 7) is 21.6. The number of aliphatic hydroxyl groups is 2. The number of Topliss-reactive ketones (excluding diaryl/α,β-unsaturated/α-hetero) is 3. The van der Waals surface area contributed by atoms with Crippen LogP contribution < -0.4 is 11.1 Å². The Hall–Kier alpha value is -8.17. The number of aryl methyl sites for hydroxylation is 2. The second kappa shape index (κ2) is 54.5. The normalized spacial score (nSPS) is 26.5. The number of piperidine rings is 1. The standard InChI is InChI=1S/C93H141N11O23/c1-62-20-12-11-13-21-63(2)79(114-8)58-73-27-24-68(7)93(113,127-73)88(110)91(111)103-32-17-14-23-76(103)92(112)126-80(59-77(106)64(3)53-67(6)86(109)87(116-10)85(108)66(5)52-62)65(4)54-69-25-29-78(81(55-69)115-9)125-35-19-15-22-71-60-102(101-99-71)34-37-118-39-41-120-43-45-122-47-49-124-51-50-123-48-46-121-44-42-119-40-38-117-36-30-82(107)95-31-16-18-33-104-90-83(89(94)96-61-97-90)84(100-104)75-57-70-56-72(105)26-28-74(70)98-75/h11-13,20-21,26,28,53,56-57,60-62,64-66,68-69,73,76,78-81,86-87,98,105,109,113H,14-19,22-25,27,29-52,54-55,58-59H2,1-10H3,(H,95,107)(H2,94,96,97)/b13-11+,20-12+,63-21-,67-53+/t62-,64-,65-,66-,68-,69+,73+,76+,78-,79+,80+,81-,86-,87+,93-/m1/s1. The molecular formula is C93H141N11O23. The second-order valence-electron chi connectivity index (χ2n) is 34.1. The Balaban J connectivity index is 0.586. The van der Waals surface area contributed by atoms with E-state index in [1.165, 1.54) is 18.3 Å². The average Bonchev–Trinajstić information content (AvgIpc) is 1.76. The van der Waals surface area contributed by atoms with Crippen molar-refractivity contribution in [2.75, 3.05) is 152 Å². The van der Waals surface area contributed by atoms with Gasteiger partial charge in [0.2, 0.25) is 11.7 Å². The Kier molecular flexibility index (Phi) is 44.0. The zero-order chi connectivity index (χ0) is 91.0. The van der Waals surface area contributed by atoms with Crippen molar-refractivity contribution in [1.82, 2.24) is 49.9 Å². The topological polar surface area (TPSA) is 424 Å². The number of unbranched alkanes of at least 4 members (excludes halogenated alkanes) is 2. The number of nitrogen functional groups attached to an aromatic ring is 1. The summed E-state index contributed by atoms with van der Waals surface area (Å²) >= 11 is 0. The lowest BCUT2D eigenvalue weighted by Gasteiger charge is -2.42. The maximum absolute atomic E-state index is 14.8. The number of esters is 1. The van der Waals surface area contributed by atoms with Crippen LogP contribution >= 0.6 is 0 Å². The van der Waals surface area contributed by atoms with Gasteiger partial charge in [-0.3, -0.25) is 24.0 Å². The first-order chi connectivity index (χ1) is 61.4. The average molecular weight is 1780 g/mol. The van der Waals surface area contributed by atoms with Crippen LogP contribution in [-0.4, -0.2) is 296 Å². The number of ketones is 3. The van der Waals surface area contributed by atoms with E-state index in [9.17, 15) is 44.1 Å². The fourth-order valence-electron chi connectivity index (χ4n) is 16.8. The molecule has 2 bridgehead atoms. The number of fused-ring (bicyclic) bond motifs is 5. The second-order valence-corrected chi connectivity index (χ2v) is 34.1. The predicted molar refractivity (Wildman–Crippen MR) is 474 cm³/mol. The number of amides is 2. The maximum atomic E-state index is 14.8. The molecule has 34 heteroatoms. The third-order valence-corrected chi connectivity index (χ3v) is 24.3. The molecule has 9 rings (SSSR count). The van der Waals surface area contributed by atoms with Gasteiger partial charge >= 0.3 is 5.97 Å². The number of phenols is 1. The Labute approximate surface area is 746 Å². The summed E-state index contributed by atoms with van der Waals surface area (Å²) in [7, 11) is 4.65. The van der Waals surface area contributed by atoms with Crippen molar-refractivity contribution in [2.24, 2.45) is 35.5 Å². The van der Waals surface area contributed by atoms with Gasteiger partial charge in [-0.05, 0) is 163 Å². The molecule has 15 atom stereocenters. The van der Waals surface area contributed by atoms with Gasteiger partial charge in [0.05, 0.1) is 153 Å². The number of carbonyl (C=O) groups is 6. The van der Waals surface area contributed by atoms with Crippen LogP contribution in [0.5, 0.6) is 5.75 Å². The van der Waals surface area contributed by atoms with E-state index in [-0.39, 0.29) is 85.6 Å². The van der Waals surface area contributed by atoms with Gasteiger partial charge in [0.15, 0.2) is 11.4 Å². The number of cyclic esters (lactones) is 1. The smallest absolute Gasteiger partial charge is 0.329 e. The Morgan fingerprint density at radius 3 is 2.09 bits per heavy atom. The largest absolute Gasteiger partial charge is 0.508 e. The summed E-state index contributed by atoms with van der Waals surface area (Å²) in [5.41, 5.74) is 11.2. The SMILES string of the molecule is CO[C@H]1C[C@@H]2CC[C@@H](C)[C@@](O)(O2)C(=O)C(=O)N2CCCC[C@H]2C(=O)O[C@H]([C@H](C)C[C@@H]2CC[C@@H](OCCCCc3cn(CCOCCOCCOCCOCCOCCOCCOCCOCCC(=O)NCCCCn4nc(-c5cc6cc(O)ccc6[nH]5)c5c(N)ncnc54)nn3)[C@H](OC)C2)CC(=O)[C@H](C)/C=C(\C)[C@@H](O)[C@@H](OC)C(=O)[C@H](C)C[C@H](C)/C=C/C=C/C=C\1C. The first-order valence-electron chi connectivity index (χ1n) is 45.6. The molecule has 4 aliphatic rings. The van der Waals surface area contributed by atoms with Crippen LogP contribution in [0.4, 0.5) is 5.82 Å². The molecule has 706 valence electrons. The number of aromatic amines is 1. The van der Waals surface area contributed by atoms with Crippen molar-refractivity contribution < 1.29 is 110 Å². The first kappa shape index (κ1) is 103. The Morgan fingerprint density at radius 1 is 0.724 bits per heavy atom. The van der Waals surface area contributed by atoms with E-state index in [0.29, 0.717) is 205 Å². The fraction of sp³-hybridized carbons (Fsp3) is 0.688. The highest BCUT2D eigenvalue weighted by molar-refractivity contribution is 6.39. The molecule has 3 aliphatic heterocycles. The fourth-order valence-corrected chi connectivity index (χ4v) is 16.8. The first-order valence-corrected chi connectivity index (χ1v) is 45.6. The molecule has 5 aromatic rings. The summed E-state index contributed by atoms with van der Waals surface area (Å²) in [4.78, 5) is 97.9. The minimum atomic E-state index is -2.46. The maximum Gasteiger partial charge on any atom is 0.329 e. The van der Waals surface area contributed by atoms with Crippen molar-refractivity contribution in [3.8, 4) is 17.1 Å². The predicted octanol–water partition coefficient (Wildman–Crippen LogP) is 9.51. The van der Waals surface area contributed by atoms with Crippen molar-refractivity contribution in [1.29, 1.82) is 0 Å². The number of hydrogen-bond donors (Lipinski definition) is 6. The van der Waals surface area contributed by atoms with Crippen LogP contribution in [0.25, 0.3) is 33.3 Å². The highest BCUT2D eigenvalue weighted by Crippen LogP contribution is 2.40. The number of aliphatic hydroxyl groups excluding tert-OH is 1. The molecule has 1 aromatic carbocycles. The molecule has 3 fully saturated rings. The lowest BCUT2D eigenvalue weighted by atomic mass is 9.78. The van der Waals surface area contributed by atoms with Crippen LogP contribution in [0.1, 0.15) is 163 Å². The van der Waals surface area contributed by atoms with Gasteiger partial charge in [-0.2, -0.15) is 5.10 Å². The lowest BCUT2D eigenvalue weighted by molar-refractivity contribution is -0.265. The lowest BCUT2D eigenvalue weighted by Crippen LogP contribution is -2.61. The molecular weight excluding hydrogens is 1640 g/mol. The van der Waals surface area contributed by atoms with Crippen molar-refractivity contribution in [3.63, 3.8) is 0 Å². The summed E-state index contributed by atoms with van der Waals surface area (Å²) in [6, 6.07) is 5.84. The molecule has 7 heterocycles.